The fourth-order valence-corrected chi connectivity index (χ4v) is 6.07. The summed E-state index contributed by atoms with van der Waals surface area (Å²) in [5.41, 5.74) is -4.62. The Labute approximate surface area is 136 Å². The minimum Gasteiger partial charge on any atom is -0.331 e. The molecule has 0 saturated heterocycles. The van der Waals surface area contributed by atoms with Crippen LogP contribution in [0, 0.1) is 0 Å². The fourth-order valence-electron chi connectivity index (χ4n) is 2.19. The molecule has 1 aliphatic rings. The molecule has 1 unspecified atom stereocenters. The van der Waals surface area contributed by atoms with Gasteiger partial charge >= 0.3 is 15.5 Å². The topological polar surface area (TPSA) is 55.8 Å². The molecule has 1 aromatic rings. The maximum Gasteiger partial charge on any atom is 0.516 e. The molecule has 0 saturated carbocycles. The summed E-state index contributed by atoms with van der Waals surface area (Å²) in [5, 5.41) is 0. The standard InChI is InChI=1S/C12H13F3NO4PS2/c1-19-21(22,20-2)11-10-6-4-3-5-9(10)7-8-16(11)23(17,18)12(13,14)15/h3-8,11H,1-2H3. The molecular formula is C12H13F3NO4PS2. The van der Waals surface area contributed by atoms with Crippen LogP contribution in [0.25, 0.3) is 6.08 Å². The van der Waals surface area contributed by atoms with Crippen molar-refractivity contribution in [3.05, 3.63) is 41.6 Å². The van der Waals surface area contributed by atoms with Gasteiger partial charge in [0.2, 0.25) is 6.49 Å². The molecular weight excluding hydrogens is 374 g/mol. The molecule has 128 valence electrons. The zero-order valence-electron chi connectivity index (χ0n) is 12.0. The molecule has 2 rings (SSSR count). The van der Waals surface area contributed by atoms with E-state index in [0.29, 0.717) is 11.1 Å². The smallest absolute Gasteiger partial charge is 0.331 e. The van der Waals surface area contributed by atoms with Crippen molar-refractivity contribution in [2.45, 2.75) is 11.3 Å². The van der Waals surface area contributed by atoms with E-state index in [1.807, 2.05) is 0 Å². The van der Waals surface area contributed by atoms with Gasteiger partial charge in [0.25, 0.3) is 0 Å². The number of alkyl halides is 3. The maximum atomic E-state index is 13.0. The number of halogens is 3. The lowest BCUT2D eigenvalue weighted by Crippen LogP contribution is -2.41. The first-order chi connectivity index (χ1) is 10.6. The lowest BCUT2D eigenvalue weighted by Gasteiger charge is -2.38. The Morgan fingerprint density at radius 1 is 1.22 bits per heavy atom. The van der Waals surface area contributed by atoms with Crippen molar-refractivity contribution in [2.75, 3.05) is 14.2 Å². The lowest BCUT2D eigenvalue weighted by atomic mass is 10.1. The Morgan fingerprint density at radius 2 is 1.78 bits per heavy atom. The van der Waals surface area contributed by atoms with E-state index in [9.17, 15) is 21.6 Å². The van der Waals surface area contributed by atoms with Crippen LogP contribution in [-0.2, 0) is 30.9 Å². The average Bonchev–Trinajstić information content (AvgIpc) is 2.51. The molecule has 1 aromatic carbocycles. The predicted molar refractivity (Wildman–Crippen MR) is 83.3 cm³/mol. The van der Waals surface area contributed by atoms with E-state index in [1.54, 1.807) is 18.2 Å². The van der Waals surface area contributed by atoms with Gasteiger partial charge in [0, 0.05) is 20.4 Å². The molecule has 0 radical (unpaired) electrons. The lowest BCUT2D eigenvalue weighted by molar-refractivity contribution is -0.0481. The van der Waals surface area contributed by atoms with Gasteiger partial charge in [-0.2, -0.15) is 21.6 Å². The first-order valence-electron chi connectivity index (χ1n) is 6.16. The van der Waals surface area contributed by atoms with E-state index in [0.717, 1.165) is 6.20 Å². The molecule has 23 heavy (non-hydrogen) atoms. The fraction of sp³-hybridized carbons (Fsp3) is 0.333. The van der Waals surface area contributed by atoms with Crippen LogP contribution >= 0.6 is 6.49 Å². The molecule has 0 N–H and O–H groups in total. The number of benzene rings is 1. The monoisotopic (exact) mass is 387 g/mol. The minimum atomic E-state index is -5.65. The van der Waals surface area contributed by atoms with Crippen LogP contribution < -0.4 is 0 Å². The Kier molecular flexibility index (Phi) is 4.94. The van der Waals surface area contributed by atoms with Crippen LogP contribution in [0.4, 0.5) is 13.2 Å². The largest absolute Gasteiger partial charge is 0.516 e. The van der Waals surface area contributed by atoms with E-state index >= 15 is 0 Å². The molecule has 1 atom stereocenters. The first kappa shape index (κ1) is 18.4. The number of hydrogen-bond acceptors (Lipinski definition) is 5. The van der Waals surface area contributed by atoms with Gasteiger partial charge in [0.15, 0.2) is 0 Å². The van der Waals surface area contributed by atoms with Crippen LogP contribution in [-0.4, -0.2) is 32.5 Å². The Hall–Kier alpha value is -0.930. The van der Waals surface area contributed by atoms with Crippen LogP contribution in [0.1, 0.15) is 16.9 Å². The summed E-state index contributed by atoms with van der Waals surface area (Å²) >= 11 is 5.23. The van der Waals surface area contributed by atoms with Crippen molar-refractivity contribution in [1.29, 1.82) is 0 Å². The van der Waals surface area contributed by atoms with Gasteiger partial charge in [-0.3, -0.25) is 4.31 Å². The quantitative estimate of drug-likeness (QED) is 0.741. The second-order valence-electron chi connectivity index (χ2n) is 4.50. The molecule has 0 fully saturated rings. The van der Waals surface area contributed by atoms with Crippen molar-refractivity contribution >= 4 is 34.4 Å². The maximum absolute atomic E-state index is 13.0. The Balaban J connectivity index is 2.72. The SMILES string of the molecule is COP(=S)(OC)C1c2ccccc2C=CN1S(=O)(=O)C(F)(F)F. The highest BCUT2D eigenvalue weighted by molar-refractivity contribution is 8.10. The minimum absolute atomic E-state index is 0.184. The van der Waals surface area contributed by atoms with Crippen LogP contribution in [0.15, 0.2) is 30.5 Å². The van der Waals surface area contributed by atoms with Crippen LogP contribution in [0.3, 0.4) is 0 Å². The number of rotatable bonds is 4. The summed E-state index contributed by atoms with van der Waals surface area (Å²) in [7, 11) is -3.28. The van der Waals surface area contributed by atoms with E-state index in [1.165, 1.54) is 26.4 Å². The predicted octanol–water partition coefficient (Wildman–Crippen LogP) is 3.42. The van der Waals surface area contributed by atoms with Gasteiger partial charge < -0.3 is 9.05 Å². The van der Waals surface area contributed by atoms with Crippen molar-refractivity contribution < 1.29 is 30.6 Å². The highest BCUT2D eigenvalue weighted by Gasteiger charge is 2.54. The normalized spacial score (nSPS) is 18.8. The zero-order valence-corrected chi connectivity index (χ0v) is 14.5. The number of fused-ring (bicyclic) bond motifs is 1. The highest BCUT2D eigenvalue weighted by atomic mass is 32.5. The number of nitrogens with zero attached hydrogens (tertiary/aromatic N) is 1. The van der Waals surface area contributed by atoms with Crippen molar-refractivity contribution in [2.24, 2.45) is 0 Å². The number of sulfonamides is 1. The molecule has 0 amide bonds. The summed E-state index contributed by atoms with van der Waals surface area (Å²) < 4.78 is 73.2. The molecule has 1 aliphatic heterocycles. The van der Waals surface area contributed by atoms with Gasteiger partial charge in [-0.05, 0) is 29.0 Å². The van der Waals surface area contributed by atoms with Gasteiger partial charge in [0.1, 0.15) is 5.78 Å². The molecule has 0 aromatic heterocycles. The summed E-state index contributed by atoms with van der Waals surface area (Å²) in [4.78, 5) is 0. The van der Waals surface area contributed by atoms with Crippen molar-refractivity contribution in [1.82, 2.24) is 4.31 Å². The third kappa shape index (κ3) is 3.06. The Bertz CT molecular complexity index is 771. The third-order valence-corrected chi connectivity index (χ3v) is 8.56. The van der Waals surface area contributed by atoms with Crippen molar-refractivity contribution in [3.8, 4) is 0 Å². The molecule has 0 spiro atoms. The van der Waals surface area contributed by atoms with Gasteiger partial charge in [-0.1, -0.05) is 24.3 Å². The molecule has 0 bridgehead atoms. The summed E-state index contributed by atoms with van der Waals surface area (Å²) in [6.45, 7) is -3.38. The van der Waals surface area contributed by atoms with Crippen molar-refractivity contribution in [3.63, 3.8) is 0 Å². The van der Waals surface area contributed by atoms with Gasteiger partial charge in [-0.25, -0.2) is 0 Å². The number of hydrogen-bond donors (Lipinski definition) is 0. The molecule has 1 heterocycles. The van der Waals surface area contributed by atoms with E-state index in [2.05, 4.69) is 0 Å². The van der Waals surface area contributed by atoms with Crippen LogP contribution in [0.5, 0.6) is 0 Å². The average molecular weight is 387 g/mol. The van der Waals surface area contributed by atoms with E-state index < -0.39 is 27.8 Å². The van der Waals surface area contributed by atoms with Crippen LogP contribution in [0.2, 0.25) is 0 Å². The summed E-state index contributed by atoms with van der Waals surface area (Å²) in [6.07, 6.45) is 2.12. The second kappa shape index (κ2) is 6.18. The van der Waals surface area contributed by atoms with Gasteiger partial charge in [0.05, 0.1) is 0 Å². The summed E-state index contributed by atoms with van der Waals surface area (Å²) in [5.74, 6) is -1.40. The van der Waals surface area contributed by atoms with Gasteiger partial charge in [-0.15, -0.1) is 0 Å². The molecule has 11 heteroatoms. The third-order valence-electron chi connectivity index (χ3n) is 3.29. The zero-order chi connectivity index (χ0) is 17.5. The second-order valence-corrected chi connectivity index (χ2v) is 10.2. The van der Waals surface area contributed by atoms with E-state index in [-0.39, 0.29) is 4.31 Å². The van der Waals surface area contributed by atoms with E-state index in [4.69, 9.17) is 20.9 Å². The molecule has 0 aliphatic carbocycles. The Morgan fingerprint density at radius 3 is 2.30 bits per heavy atom. The first-order valence-corrected chi connectivity index (χ1v) is 10.3. The highest BCUT2D eigenvalue weighted by Crippen LogP contribution is 2.64. The molecule has 5 nitrogen and oxygen atoms in total. The summed E-state index contributed by atoms with van der Waals surface area (Å²) in [6, 6.07) is 6.40.